The molecule has 6 nitrogen and oxygen atoms in total. The van der Waals surface area contributed by atoms with E-state index < -0.39 is 18.0 Å². The van der Waals surface area contributed by atoms with Crippen molar-refractivity contribution in [1.82, 2.24) is 5.32 Å². The van der Waals surface area contributed by atoms with Gasteiger partial charge < -0.3 is 14.9 Å². The number of hydrogen-bond donors (Lipinski definition) is 3. The van der Waals surface area contributed by atoms with E-state index in [9.17, 15) is 9.59 Å². The van der Waals surface area contributed by atoms with Gasteiger partial charge >= 0.3 is 11.9 Å². The zero-order valence-corrected chi connectivity index (χ0v) is 10.7. The lowest BCUT2D eigenvalue weighted by molar-refractivity contribution is -0.140. The average molecular weight is 283 g/mol. The Morgan fingerprint density at radius 2 is 2.00 bits per heavy atom. The number of nitrogens with one attached hydrogen (secondary N) is 1. The summed E-state index contributed by atoms with van der Waals surface area (Å²) in [5.74, 6) is -0.876. The fourth-order valence-electron chi connectivity index (χ4n) is 1.69. The number of ether oxygens (including phenoxy) is 1. The Balaban J connectivity index is 1.95. The lowest BCUT2D eigenvalue weighted by Crippen LogP contribution is -2.33. The van der Waals surface area contributed by atoms with Crippen molar-refractivity contribution in [3.05, 3.63) is 29.8 Å². The molecular formula is C12H13NO5S. The highest BCUT2D eigenvalue weighted by Gasteiger charge is 2.30. The molecule has 0 spiro atoms. The van der Waals surface area contributed by atoms with Crippen molar-refractivity contribution >= 4 is 23.7 Å². The summed E-state index contributed by atoms with van der Waals surface area (Å²) in [5, 5.41) is 20.3. The van der Waals surface area contributed by atoms with Gasteiger partial charge in [-0.2, -0.15) is 0 Å². The SMILES string of the molecule is O=C(O)COc1ccc(C2NC(C(=O)O)CS2)cc1. The van der Waals surface area contributed by atoms with Gasteiger partial charge in [0.25, 0.3) is 0 Å². The number of rotatable bonds is 5. The van der Waals surface area contributed by atoms with E-state index in [4.69, 9.17) is 14.9 Å². The second-order valence-corrected chi connectivity index (χ2v) is 5.16. The van der Waals surface area contributed by atoms with Crippen LogP contribution in [0.4, 0.5) is 0 Å². The van der Waals surface area contributed by atoms with E-state index in [1.54, 1.807) is 24.3 Å². The summed E-state index contributed by atoms with van der Waals surface area (Å²) in [6, 6.07) is 6.42. The second-order valence-electron chi connectivity index (χ2n) is 4.02. The first-order valence-corrected chi connectivity index (χ1v) is 6.66. The summed E-state index contributed by atoms with van der Waals surface area (Å²) in [4.78, 5) is 21.2. The smallest absolute Gasteiger partial charge is 0.341 e. The van der Waals surface area contributed by atoms with Gasteiger partial charge in [-0.15, -0.1) is 11.8 Å². The lowest BCUT2D eigenvalue weighted by atomic mass is 10.2. The van der Waals surface area contributed by atoms with Crippen molar-refractivity contribution in [2.24, 2.45) is 0 Å². The van der Waals surface area contributed by atoms with Crippen LogP contribution in [0.3, 0.4) is 0 Å². The normalized spacial score (nSPS) is 22.1. The van der Waals surface area contributed by atoms with Gasteiger partial charge in [-0.1, -0.05) is 12.1 Å². The molecule has 1 aliphatic heterocycles. The van der Waals surface area contributed by atoms with E-state index in [0.717, 1.165) is 5.56 Å². The van der Waals surface area contributed by atoms with Crippen molar-refractivity contribution < 1.29 is 24.5 Å². The van der Waals surface area contributed by atoms with Crippen LogP contribution < -0.4 is 10.1 Å². The standard InChI is InChI=1S/C12H13NO5S/c14-10(15)5-18-8-3-1-7(2-4-8)11-13-9(6-19-11)12(16)17/h1-4,9,11,13H,5-6H2,(H,14,15)(H,16,17). The van der Waals surface area contributed by atoms with Gasteiger partial charge in [-0.3, -0.25) is 10.1 Å². The third-order valence-electron chi connectivity index (χ3n) is 2.63. The summed E-state index contributed by atoms with van der Waals surface area (Å²) in [7, 11) is 0. The highest BCUT2D eigenvalue weighted by molar-refractivity contribution is 7.99. The predicted octanol–water partition coefficient (Wildman–Crippen LogP) is 0.938. The number of carbonyl (C=O) groups is 2. The van der Waals surface area contributed by atoms with Crippen LogP contribution in [0.25, 0.3) is 0 Å². The predicted molar refractivity (Wildman–Crippen MR) is 69.3 cm³/mol. The molecule has 1 fully saturated rings. The van der Waals surface area contributed by atoms with Gasteiger partial charge in [0.05, 0.1) is 5.37 Å². The molecule has 0 bridgehead atoms. The van der Waals surface area contributed by atoms with Gasteiger partial charge in [-0.25, -0.2) is 4.79 Å². The van der Waals surface area contributed by atoms with Gasteiger partial charge in [0.2, 0.25) is 0 Å². The van der Waals surface area contributed by atoms with Gasteiger partial charge in [0.1, 0.15) is 11.8 Å². The van der Waals surface area contributed by atoms with Crippen LogP contribution in [-0.4, -0.2) is 40.6 Å². The van der Waals surface area contributed by atoms with Gasteiger partial charge in [0, 0.05) is 5.75 Å². The molecule has 0 aliphatic carbocycles. The minimum Gasteiger partial charge on any atom is -0.482 e. The molecule has 1 heterocycles. The highest BCUT2D eigenvalue weighted by Crippen LogP contribution is 2.33. The van der Waals surface area contributed by atoms with E-state index in [2.05, 4.69) is 5.32 Å². The Hall–Kier alpha value is -1.73. The Kier molecular flexibility index (Phi) is 4.28. The fourth-order valence-corrected chi connectivity index (χ4v) is 2.92. The van der Waals surface area contributed by atoms with E-state index in [1.165, 1.54) is 11.8 Å². The topological polar surface area (TPSA) is 95.9 Å². The maximum Gasteiger partial charge on any atom is 0.341 e. The second kappa shape index (κ2) is 5.94. The lowest BCUT2D eigenvalue weighted by Gasteiger charge is -2.12. The molecule has 2 atom stereocenters. The van der Waals surface area contributed by atoms with Crippen LogP contribution in [0.15, 0.2) is 24.3 Å². The number of thioether (sulfide) groups is 1. The summed E-state index contributed by atoms with van der Waals surface area (Å²) in [5.41, 5.74) is 0.941. The number of benzene rings is 1. The van der Waals surface area contributed by atoms with Crippen LogP contribution >= 0.6 is 11.8 Å². The Morgan fingerprint density at radius 3 is 2.53 bits per heavy atom. The molecule has 1 saturated heterocycles. The molecule has 0 saturated carbocycles. The number of hydrogen-bond acceptors (Lipinski definition) is 5. The van der Waals surface area contributed by atoms with Crippen molar-refractivity contribution in [3.8, 4) is 5.75 Å². The molecule has 0 amide bonds. The monoisotopic (exact) mass is 283 g/mol. The number of carboxylic acid groups (broad SMARTS) is 2. The van der Waals surface area contributed by atoms with E-state index in [0.29, 0.717) is 11.5 Å². The molecule has 0 radical (unpaired) electrons. The quantitative estimate of drug-likeness (QED) is 0.740. The van der Waals surface area contributed by atoms with Crippen LogP contribution in [-0.2, 0) is 9.59 Å². The summed E-state index contributed by atoms with van der Waals surface area (Å²) < 4.78 is 5.02. The molecular weight excluding hydrogens is 270 g/mol. The number of carboxylic acids is 2. The van der Waals surface area contributed by atoms with Gasteiger partial charge in [0.15, 0.2) is 6.61 Å². The van der Waals surface area contributed by atoms with E-state index in [1.807, 2.05) is 0 Å². The molecule has 19 heavy (non-hydrogen) atoms. The van der Waals surface area contributed by atoms with Crippen molar-refractivity contribution in [2.75, 3.05) is 12.4 Å². The maximum absolute atomic E-state index is 10.8. The van der Waals surface area contributed by atoms with Crippen molar-refractivity contribution in [1.29, 1.82) is 0 Å². The van der Waals surface area contributed by atoms with Crippen molar-refractivity contribution in [2.45, 2.75) is 11.4 Å². The molecule has 1 aliphatic rings. The van der Waals surface area contributed by atoms with E-state index in [-0.39, 0.29) is 12.0 Å². The van der Waals surface area contributed by atoms with Crippen molar-refractivity contribution in [3.63, 3.8) is 0 Å². The van der Waals surface area contributed by atoms with E-state index >= 15 is 0 Å². The first kappa shape index (κ1) is 13.7. The molecule has 2 unspecified atom stereocenters. The minimum atomic E-state index is -1.03. The summed E-state index contributed by atoms with van der Waals surface area (Å²) in [6.07, 6.45) is 0. The summed E-state index contributed by atoms with van der Waals surface area (Å²) in [6.45, 7) is -0.378. The van der Waals surface area contributed by atoms with Gasteiger partial charge in [-0.05, 0) is 17.7 Å². The Bertz CT molecular complexity index is 476. The average Bonchev–Trinajstić information content (AvgIpc) is 2.86. The fraction of sp³-hybridized carbons (Fsp3) is 0.333. The third-order valence-corrected chi connectivity index (χ3v) is 3.89. The van der Waals surface area contributed by atoms with Crippen LogP contribution in [0.5, 0.6) is 5.75 Å². The Morgan fingerprint density at radius 1 is 1.32 bits per heavy atom. The largest absolute Gasteiger partial charge is 0.482 e. The third kappa shape index (κ3) is 3.62. The first-order valence-electron chi connectivity index (χ1n) is 5.61. The molecule has 102 valence electrons. The molecule has 0 aromatic heterocycles. The zero-order valence-electron chi connectivity index (χ0n) is 9.91. The first-order chi connectivity index (χ1) is 9.06. The summed E-state index contributed by atoms with van der Waals surface area (Å²) >= 11 is 1.53. The van der Waals surface area contributed by atoms with Crippen LogP contribution in [0.2, 0.25) is 0 Å². The minimum absolute atomic E-state index is 0.0605. The molecule has 3 N–H and O–H groups in total. The maximum atomic E-state index is 10.8. The molecule has 7 heteroatoms. The molecule has 1 aromatic rings. The molecule has 2 rings (SSSR count). The highest BCUT2D eigenvalue weighted by atomic mass is 32.2. The number of aliphatic carboxylic acids is 2. The Labute approximate surface area is 113 Å². The molecule has 1 aromatic carbocycles. The van der Waals surface area contributed by atoms with Crippen LogP contribution in [0, 0.1) is 0 Å². The van der Waals surface area contributed by atoms with Crippen LogP contribution in [0.1, 0.15) is 10.9 Å². The zero-order chi connectivity index (χ0) is 13.8.